The lowest BCUT2D eigenvalue weighted by Gasteiger charge is -2.32. The standard InChI is InChI=1S/C30H35BrN2O3/c1-5-23(4)32-30(35)28(18-24-12-7-6-8-13-24)33(19-25-14-10-9-11-21(25)2)29(34)20-36-26-15-16-27(31)22(3)17-26/h6-17,23,28H,5,18-20H2,1-4H3,(H,32,35)/t23-,28+/m0/s1. The van der Waals surface area contributed by atoms with Crippen molar-refractivity contribution in [3.05, 3.63) is 99.5 Å². The number of halogens is 1. The van der Waals surface area contributed by atoms with Crippen molar-refractivity contribution in [1.82, 2.24) is 10.2 Å². The van der Waals surface area contributed by atoms with Gasteiger partial charge in [0.2, 0.25) is 5.91 Å². The SMILES string of the molecule is CC[C@H](C)NC(=O)[C@@H](Cc1ccccc1)N(Cc1ccccc1C)C(=O)COc1ccc(Br)c(C)c1. The van der Waals surface area contributed by atoms with Crippen LogP contribution >= 0.6 is 15.9 Å². The molecule has 0 saturated carbocycles. The molecule has 0 aliphatic rings. The third kappa shape index (κ3) is 7.69. The second kappa shape index (κ2) is 13.3. The molecule has 0 unspecified atom stereocenters. The minimum atomic E-state index is -0.677. The summed E-state index contributed by atoms with van der Waals surface area (Å²) in [7, 11) is 0. The minimum absolute atomic E-state index is 0.00757. The summed E-state index contributed by atoms with van der Waals surface area (Å²) in [6, 6.07) is 22.7. The van der Waals surface area contributed by atoms with Gasteiger partial charge in [-0.2, -0.15) is 0 Å². The Labute approximate surface area is 223 Å². The maximum atomic E-state index is 13.7. The summed E-state index contributed by atoms with van der Waals surface area (Å²) in [4.78, 5) is 28.9. The van der Waals surface area contributed by atoms with Crippen LogP contribution < -0.4 is 10.1 Å². The second-order valence-corrected chi connectivity index (χ2v) is 10.0. The van der Waals surface area contributed by atoms with Crippen molar-refractivity contribution in [3.63, 3.8) is 0 Å². The molecule has 3 rings (SSSR count). The van der Waals surface area contributed by atoms with Crippen molar-refractivity contribution in [3.8, 4) is 5.75 Å². The monoisotopic (exact) mass is 550 g/mol. The van der Waals surface area contributed by atoms with Crippen LogP contribution in [0.1, 0.15) is 42.5 Å². The second-order valence-electron chi connectivity index (χ2n) is 9.17. The highest BCUT2D eigenvalue weighted by molar-refractivity contribution is 9.10. The van der Waals surface area contributed by atoms with Crippen LogP contribution in [0.3, 0.4) is 0 Å². The highest BCUT2D eigenvalue weighted by Crippen LogP contribution is 2.22. The molecule has 0 bridgehead atoms. The molecule has 0 aliphatic heterocycles. The van der Waals surface area contributed by atoms with Crippen LogP contribution in [0.15, 0.2) is 77.3 Å². The Bertz CT molecular complexity index is 1170. The minimum Gasteiger partial charge on any atom is -0.484 e. The number of amides is 2. The molecule has 0 heterocycles. The molecule has 1 N–H and O–H groups in total. The Morgan fingerprint density at radius 3 is 2.33 bits per heavy atom. The van der Waals surface area contributed by atoms with Crippen LogP contribution in [0.2, 0.25) is 0 Å². The number of nitrogens with one attached hydrogen (secondary N) is 1. The Kier molecular flexibility index (Phi) is 10.1. The highest BCUT2D eigenvalue weighted by Gasteiger charge is 2.31. The fraction of sp³-hybridized carbons (Fsp3) is 0.333. The largest absolute Gasteiger partial charge is 0.484 e. The molecule has 0 fully saturated rings. The highest BCUT2D eigenvalue weighted by atomic mass is 79.9. The van der Waals surface area contributed by atoms with Crippen molar-refractivity contribution >= 4 is 27.7 Å². The van der Waals surface area contributed by atoms with Crippen molar-refractivity contribution in [2.24, 2.45) is 0 Å². The predicted octanol–water partition coefficient (Wildman–Crippen LogP) is 6.00. The molecule has 3 aromatic carbocycles. The summed E-state index contributed by atoms with van der Waals surface area (Å²) in [5.74, 6) is 0.220. The van der Waals surface area contributed by atoms with Crippen molar-refractivity contribution in [1.29, 1.82) is 0 Å². The lowest BCUT2D eigenvalue weighted by atomic mass is 10.0. The van der Waals surface area contributed by atoms with Gasteiger partial charge in [-0.25, -0.2) is 0 Å². The smallest absolute Gasteiger partial charge is 0.261 e. The van der Waals surface area contributed by atoms with E-state index >= 15 is 0 Å². The fourth-order valence-corrected chi connectivity index (χ4v) is 4.15. The molecule has 36 heavy (non-hydrogen) atoms. The van der Waals surface area contributed by atoms with E-state index in [0.29, 0.717) is 18.7 Å². The number of hydrogen-bond donors (Lipinski definition) is 1. The van der Waals surface area contributed by atoms with Crippen molar-refractivity contribution in [2.45, 2.75) is 59.2 Å². The van der Waals surface area contributed by atoms with E-state index in [1.807, 2.05) is 100 Å². The van der Waals surface area contributed by atoms with E-state index in [0.717, 1.165) is 33.1 Å². The zero-order chi connectivity index (χ0) is 26.1. The number of carbonyl (C=O) groups excluding carboxylic acids is 2. The molecule has 0 spiro atoms. The molecule has 0 radical (unpaired) electrons. The van der Waals surface area contributed by atoms with Crippen molar-refractivity contribution < 1.29 is 14.3 Å². The van der Waals surface area contributed by atoms with E-state index < -0.39 is 6.04 Å². The van der Waals surface area contributed by atoms with Crippen molar-refractivity contribution in [2.75, 3.05) is 6.61 Å². The average Bonchev–Trinajstić information content (AvgIpc) is 2.88. The van der Waals surface area contributed by atoms with Crippen LogP contribution in [0.4, 0.5) is 0 Å². The lowest BCUT2D eigenvalue weighted by Crippen LogP contribution is -2.53. The summed E-state index contributed by atoms with van der Waals surface area (Å²) in [6.45, 7) is 8.16. The number of aryl methyl sites for hydroxylation is 2. The molecule has 0 saturated heterocycles. The van der Waals surface area contributed by atoms with Crippen LogP contribution in [0, 0.1) is 13.8 Å². The van der Waals surface area contributed by atoms with E-state index in [4.69, 9.17) is 4.74 Å². The summed E-state index contributed by atoms with van der Waals surface area (Å²) in [5, 5.41) is 3.09. The van der Waals surface area contributed by atoms with Gasteiger partial charge in [0.05, 0.1) is 0 Å². The third-order valence-corrected chi connectivity index (χ3v) is 7.26. The van der Waals surface area contributed by atoms with Crippen LogP contribution in [-0.2, 0) is 22.6 Å². The summed E-state index contributed by atoms with van der Waals surface area (Å²) in [6.07, 6.45) is 1.22. The number of rotatable bonds is 11. The van der Waals surface area contributed by atoms with E-state index in [9.17, 15) is 9.59 Å². The third-order valence-electron chi connectivity index (χ3n) is 6.37. The molecule has 3 aromatic rings. The first-order valence-corrected chi connectivity index (χ1v) is 13.1. The Balaban J connectivity index is 1.92. The Morgan fingerprint density at radius 2 is 1.67 bits per heavy atom. The lowest BCUT2D eigenvalue weighted by molar-refractivity contribution is -0.143. The summed E-state index contributed by atoms with van der Waals surface area (Å²) in [5.41, 5.74) is 4.08. The van der Waals surface area contributed by atoms with Gasteiger partial charge in [-0.1, -0.05) is 77.5 Å². The first-order chi connectivity index (χ1) is 17.3. The molecule has 5 nitrogen and oxygen atoms in total. The van der Waals surface area contributed by atoms with E-state index in [2.05, 4.69) is 21.2 Å². The zero-order valence-corrected chi connectivity index (χ0v) is 23.0. The summed E-state index contributed by atoms with van der Waals surface area (Å²) >= 11 is 3.49. The van der Waals surface area contributed by atoms with Gasteiger partial charge in [-0.3, -0.25) is 9.59 Å². The molecule has 2 atom stereocenters. The topological polar surface area (TPSA) is 58.6 Å². The number of nitrogens with zero attached hydrogens (tertiary/aromatic N) is 1. The number of benzene rings is 3. The van der Waals surface area contributed by atoms with Crippen LogP contribution in [-0.4, -0.2) is 35.4 Å². The quantitative estimate of drug-likeness (QED) is 0.318. The number of carbonyl (C=O) groups is 2. The van der Waals surface area contributed by atoms with E-state index in [1.165, 1.54) is 0 Å². The number of ether oxygens (including phenoxy) is 1. The first-order valence-electron chi connectivity index (χ1n) is 12.4. The van der Waals surface area contributed by atoms with Gasteiger partial charge < -0.3 is 15.0 Å². The normalized spacial score (nSPS) is 12.5. The molecule has 190 valence electrons. The van der Waals surface area contributed by atoms with Crippen LogP contribution in [0.5, 0.6) is 5.75 Å². The van der Waals surface area contributed by atoms with Gasteiger partial charge in [0.1, 0.15) is 11.8 Å². The molecular formula is C30H35BrN2O3. The Morgan fingerprint density at radius 1 is 0.972 bits per heavy atom. The van der Waals surface area contributed by atoms with Gasteiger partial charge in [0.25, 0.3) is 5.91 Å². The van der Waals surface area contributed by atoms with E-state index in [-0.39, 0.29) is 24.5 Å². The van der Waals surface area contributed by atoms with Crippen LogP contribution in [0.25, 0.3) is 0 Å². The summed E-state index contributed by atoms with van der Waals surface area (Å²) < 4.78 is 6.87. The van der Waals surface area contributed by atoms with Gasteiger partial charge in [-0.15, -0.1) is 0 Å². The molecular weight excluding hydrogens is 516 g/mol. The first kappa shape index (κ1) is 27.5. The maximum Gasteiger partial charge on any atom is 0.261 e. The zero-order valence-electron chi connectivity index (χ0n) is 21.5. The molecule has 6 heteroatoms. The molecule has 0 aromatic heterocycles. The van der Waals surface area contributed by atoms with Gasteiger partial charge >= 0.3 is 0 Å². The molecule has 2 amide bonds. The Hall–Kier alpha value is -3.12. The van der Waals surface area contributed by atoms with Gasteiger partial charge in [-0.05, 0) is 67.6 Å². The average molecular weight is 552 g/mol. The fourth-order valence-electron chi connectivity index (χ4n) is 3.90. The van der Waals surface area contributed by atoms with Gasteiger partial charge in [0, 0.05) is 23.5 Å². The number of hydrogen-bond acceptors (Lipinski definition) is 3. The predicted molar refractivity (Wildman–Crippen MR) is 148 cm³/mol. The van der Waals surface area contributed by atoms with E-state index in [1.54, 1.807) is 4.90 Å². The van der Waals surface area contributed by atoms with Gasteiger partial charge in [0.15, 0.2) is 6.61 Å². The molecule has 0 aliphatic carbocycles. The maximum absolute atomic E-state index is 13.7.